The Kier molecular flexibility index (Phi) is 10.4. The highest BCUT2D eigenvalue weighted by Crippen LogP contribution is 2.42. The zero-order valence-corrected chi connectivity index (χ0v) is 27.8. The lowest BCUT2D eigenvalue weighted by atomic mass is 9.89. The van der Waals surface area contributed by atoms with Crippen molar-refractivity contribution in [1.29, 1.82) is 0 Å². The Labute approximate surface area is 285 Å². The number of esters is 2. The van der Waals surface area contributed by atoms with E-state index in [1.165, 1.54) is 23.8 Å². The van der Waals surface area contributed by atoms with Crippen LogP contribution in [0.5, 0.6) is 0 Å². The summed E-state index contributed by atoms with van der Waals surface area (Å²) in [5.74, 6) is -2.16. The van der Waals surface area contributed by atoms with E-state index in [1.807, 2.05) is 60.7 Å². The lowest BCUT2D eigenvalue weighted by molar-refractivity contribution is -0.155. The maximum atomic E-state index is 14.2. The van der Waals surface area contributed by atoms with Crippen LogP contribution in [0.4, 0.5) is 5.13 Å². The summed E-state index contributed by atoms with van der Waals surface area (Å²) in [5, 5.41) is 7.70. The van der Waals surface area contributed by atoms with Gasteiger partial charge in [-0.05, 0) is 24.0 Å². The molecule has 14 heteroatoms. The van der Waals surface area contributed by atoms with Gasteiger partial charge in [0.1, 0.15) is 36.5 Å². The van der Waals surface area contributed by atoms with Crippen molar-refractivity contribution in [2.75, 3.05) is 25.2 Å². The van der Waals surface area contributed by atoms with Crippen LogP contribution in [-0.4, -0.2) is 70.2 Å². The molecule has 2 atom stereocenters. The molecule has 1 saturated carbocycles. The predicted octanol–water partition coefficient (Wildman–Crippen LogP) is 4.19. The van der Waals surface area contributed by atoms with Gasteiger partial charge in [-0.15, -0.1) is 23.1 Å². The predicted molar refractivity (Wildman–Crippen MR) is 180 cm³/mol. The van der Waals surface area contributed by atoms with E-state index < -0.39 is 35.3 Å². The number of nitrogens with zero attached hydrogens (tertiary/aromatic N) is 3. The van der Waals surface area contributed by atoms with E-state index in [1.54, 1.807) is 5.38 Å². The van der Waals surface area contributed by atoms with Crippen LogP contribution in [0.2, 0.25) is 0 Å². The fraction of sp³-hybridized carbons (Fsp3) is 0.353. The zero-order valence-electron chi connectivity index (χ0n) is 26.2. The van der Waals surface area contributed by atoms with Crippen molar-refractivity contribution in [2.45, 2.75) is 49.6 Å². The average Bonchev–Trinajstić information content (AvgIpc) is 3.56. The molecule has 2 amide bonds. The van der Waals surface area contributed by atoms with Crippen molar-refractivity contribution < 1.29 is 33.5 Å². The van der Waals surface area contributed by atoms with E-state index in [2.05, 4.69) is 15.5 Å². The number of nitrogen functional groups attached to an aromatic ring is 1. The number of nitrogens with one attached hydrogen (secondary N) is 1. The standard InChI is InChI=1S/C34H35N5O7S2/c1-44-38-25(24-19-48-34(35)36-24)29(40)37-26-30(41)39-27(23(18-47-31(26)39)17-45-32(42)22-15-9-4-10-16-22)33(43)46-28(20-11-5-2-6-12-20)21-13-7-3-8-14-21/h2-3,5-8,11-14,19,22,26,28,31H,4,9-10,15-18H2,1H3,(H2,35,36)(H,37,40)/t26?,31-/m1/s1. The van der Waals surface area contributed by atoms with E-state index in [0.717, 1.165) is 54.6 Å². The fourth-order valence-corrected chi connectivity index (χ4v) is 7.92. The molecule has 0 spiro atoms. The third kappa shape index (κ3) is 7.09. The first kappa shape index (κ1) is 33.2. The van der Waals surface area contributed by atoms with Gasteiger partial charge in [-0.25, -0.2) is 9.78 Å². The van der Waals surface area contributed by atoms with Crippen molar-refractivity contribution in [1.82, 2.24) is 15.2 Å². The number of ether oxygens (including phenoxy) is 2. The number of oxime groups is 1. The number of carbonyl (C=O) groups excluding carboxylic acids is 4. The maximum Gasteiger partial charge on any atom is 0.356 e. The van der Waals surface area contributed by atoms with Gasteiger partial charge in [-0.3, -0.25) is 19.3 Å². The summed E-state index contributed by atoms with van der Waals surface area (Å²) >= 11 is 2.48. The van der Waals surface area contributed by atoms with Gasteiger partial charge in [-0.1, -0.05) is 85.1 Å². The Bertz CT molecular complexity index is 1680. The number of amides is 2. The Morgan fingerprint density at radius 2 is 1.71 bits per heavy atom. The highest BCUT2D eigenvalue weighted by atomic mass is 32.2. The number of hydrogen-bond donors (Lipinski definition) is 2. The minimum absolute atomic E-state index is 0.0145. The first-order valence-corrected chi connectivity index (χ1v) is 17.6. The molecule has 0 radical (unpaired) electrons. The molecule has 3 aromatic rings. The first-order valence-electron chi connectivity index (χ1n) is 15.6. The molecule has 12 nitrogen and oxygen atoms in total. The van der Waals surface area contributed by atoms with Crippen LogP contribution < -0.4 is 11.1 Å². The topological polar surface area (TPSA) is 163 Å². The zero-order chi connectivity index (χ0) is 33.6. The number of nitrogens with two attached hydrogens (primary N) is 1. The lowest BCUT2D eigenvalue weighted by Crippen LogP contribution is -2.71. The number of hydrogen-bond acceptors (Lipinski definition) is 12. The van der Waals surface area contributed by atoms with Crippen LogP contribution in [0, 0.1) is 5.92 Å². The molecule has 250 valence electrons. The third-order valence-electron chi connectivity index (χ3n) is 8.45. The molecule has 1 aromatic heterocycles. The molecule has 0 bridgehead atoms. The number of thioether (sulfide) groups is 1. The smallest absolute Gasteiger partial charge is 0.356 e. The number of rotatable bonds is 11. The molecule has 6 rings (SSSR count). The molecule has 3 N–H and O–H groups in total. The van der Waals surface area contributed by atoms with Crippen LogP contribution >= 0.6 is 23.1 Å². The monoisotopic (exact) mass is 689 g/mol. The molecule has 1 aliphatic carbocycles. The molecular weight excluding hydrogens is 655 g/mol. The highest BCUT2D eigenvalue weighted by molar-refractivity contribution is 8.00. The Morgan fingerprint density at radius 1 is 1.04 bits per heavy atom. The summed E-state index contributed by atoms with van der Waals surface area (Å²) in [5.41, 5.74) is 7.78. The molecule has 3 aliphatic rings. The van der Waals surface area contributed by atoms with Crippen LogP contribution in [0.3, 0.4) is 0 Å². The first-order chi connectivity index (χ1) is 23.4. The number of carbonyl (C=O) groups is 4. The molecule has 2 aliphatic heterocycles. The number of β-lactam (4-membered cyclic amide) rings is 1. The van der Waals surface area contributed by atoms with E-state index in [-0.39, 0.29) is 46.5 Å². The van der Waals surface area contributed by atoms with Crippen molar-refractivity contribution >= 4 is 57.7 Å². The fourth-order valence-electron chi connectivity index (χ4n) is 6.05. The normalized spacial score (nSPS) is 19.8. The van der Waals surface area contributed by atoms with Crippen molar-refractivity contribution in [3.05, 3.63) is 94.1 Å². The van der Waals surface area contributed by atoms with Gasteiger partial charge in [-0.2, -0.15) is 0 Å². The second kappa shape index (κ2) is 15.0. The maximum absolute atomic E-state index is 14.2. The molecule has 2 aromatic carbocycles. The van der Waals surface area contributed by atoms with E-state index in [4.69, 9.17) is 20.0 Å². The van der Waals surface area contributed by atoms with Gasteiger partial charge in [0, 0.05) is 16.7 Å². The largest absolute Gasteiger partial charge is 0.461 e. The van der Waals surface area contributed by atoms with E-state index in [9.17, 15) is 19.2 Å². The number of thiazole rings is 1. The van der Waals surface area contributed by atoms with Gasteiger partial charge in [0.2, 0.25) is 0 Å². The van der Waals surface area contributed by atoms with Crippen molar-refractivity contribution in [3.8, 4) is 0 Å². The summed E-state index contributed by atoms with van der Waals surface area (Å²) in [6.07, 6.45) is 3.82. The summed E-state index contributed by atoms with van der Waals surface area (Å²) in [6.45, 7) is -0.155. The Morgan fingerprint density at radius 3 is 2.31 bits per heavy atom. The number of anilines is 1. The number of fused-ring (bicyclic) bond motifs is 1. The second-order valence-electron chi connectivity index (χ2n) is 11.6. The second-order valence-corrected chi connectivity index (χ2v) is 13.6. The minimum atomic E-state index is -0.978. The third-order valence-corrected chi connectivity index (χ3v) is 10.5. The number of aromatic nitrogens is 1. The Hall–Kier alpha value is -4.69. The Balaban J connectivity index is 1.27. The lowest BCUT2D eigenvalue weighted by Gasteiger charge is -2.49. The SMILES string of the molecule is CON=C(C(=O)NC1C(=O)N2C(C(=O)OC(c3ccccc3)c3ccccc3)=C(COC(=O)C3CCCCC3)CS[C@H]12)c1csc(N)n1. The van der Waals surface area contributed by atoms with Crippen molar-refractivity contribution in [3.63, 3.8) is 0 Å². The molecule has 2 fully saturated rings. The van der Waals surface area contributed by atoms with Crippen LogP contribution in [0.15, 0.2) is 82.5 Å². The summed E-state index contributed by atoms with van der Waals surface area (Å²) < 4.78 is 11.9. The molecule has 1 saturated heterocycles. The van der Waals surface area contributed by atoms with Gasteiger partial charge < -0.3 is 25.4 Å². The summed E-state index contributed by atoms with van der Waals surface area (Å²) in [6, 6.07) is 17.6. The minimum Gasteiger partial charge on any atom is -0.461 e. The van der Waals surface area contributed by atoms with Crippen LogP contribution in [-0.2, 0) is 33.5 Å². The van der Waals surface area contributed by atoms with E-state index >= 15 is 0 Å². The molecule has 3 heterocycles. The van der Waals surface area contributed by atoms with E-state index in [0.29, 0.717) is 5.57 Å². The quantitative estimate of drug-likeness (QED) is 0.129. The molecule has 48 heavy (non-hydrogen) atoms. The molecule has 1 unspecified atom stereocenters. The van der Waals surface area contributed by atoms with Gasteiger partial charge in [0.15, 0.2) is 16.9 Å². The summed E-state index contributed by atoms with van der Waals surface area (Å²) in [4.78, 5) is 64.5. The van der Waals surface area contributed by atoms with Gasteiger partial charge in [0.05, 0.1) is 5.92 Å². The van der Waals surface area contributed by atoms with Crippen LogP contribution in [0.1, 0.15) is 55.0 Å². The molecular formula is C34H35N5O7S2. The van der Waals surface area contributed by atoms with Gasteiger partial charge >= 0.3 is 11.9 Å². The average molecular weight is 690 g/mol. The van der Waals surface area contributed by atoms with Crippen molar-refractivity contribution in [2.24, 2.45) is 11.1 Å². The highest BCUT2D eigenvalue weighted by Gasteiger charge is 2.55. The van der Waals surface area contributed by atoms with Crippen LogP contribution in [0.25, 0.3) is 0 Å². The van der Waals surface area contributed by atoms with Gasteiger partial charge in [0.25, 0.3) is 11.8 Å². The summed E-state index contributed by atoms with van der Waals surface area (Å²) in [7, 11) is 1.29. The number of benzene rings is 2.